The van der Waals surface area contributed by atoms with E-state index in [0.29, 0.717) is 11.7 Å². The molecular weight excluding hydrogens is 232 g/mol. The molecule has 0 unspecified atom stereocenters. The molecule has 1 aromatic carbocycles. The minimum absolute atomic E-state index is 0.250. The van der Waals surface area contributed by atoms with Crippen LogP contribution in [0.25, 0.3) is 0 Å². The summed E-state index contributed by atoms with van der Waals surface area (Å²) in [7, 11) is 0. The van der Waals surface area contributed by atoms with Crippen LogP contribution in [0.1, 0.15) is 18.4 Å². The fourth-order valence-corrected chi connectivity index (χ4v) is 2.32. The Labute approximate surface area is 107 Å². The summed E-state index contributed by atoms with van der Waals surface area (Å²) in [6.45, 7) is 3.61. The largest absolute Gasteiger partial charge is 0.391 e. The van der Waals surface area contributed by atoms with Crippen LogP contribution in [0, 0.1) is 6.92 Å². The normalized spacial score (nSPS) is 20.1. The first-order valence-corrected chi connectivity index (χ1v) is 6.37. The van der Waals surface area contributed by atoms with Crippen molar-refractivity contribution >= 4 is 23.0 Å². The number of aryl methyl sites for hydroxylation is 1. The van der Waals surface area contributed by atoms with E-state index in [1.165, 1.54) is 5.56 Å². The average molecular weight is 250 g/mol. The van der Waals surface area contributed by atoms with Crippen LogP contribution in [0.5, 0.6) is 0 Å². The van der Waals surface area contributed by atoms with E-state index in [1.54, 1.807) is 0 Å². The van der Waals surface area contributed by atoms with Gasteiger partial charge < -0.3 is 15.3 Å². The molecule has 1 saturated heterocycles. The van der Waals surface area contributed by atoms with E-state index >= 15 is 0 Å². The molecule has 0 radical (unpaired) electrons. The number of likely N-dealkylation sites (tertiary alicyclic amines) is 1. The smallest absolute Gasteiger partial charge is 0.173 e. The molecule has 1 fully saturated rings. The highest BCUT2D eigenvalue weighted by atomic mass is 32.1. The van der Waals surface area contributed by atoms with Crippen molar-refractivity contribution in [1.29, 1.82) is 0 Å². The van der Waals surface area contributed by atoms with Crippen molar-refractivity contribution in [2.75, 3.05) is 18.4 Å². The molecular formula is C13H18N2OS. The van der Waals surface area contributed by atoms with Crippen LogP contribution in [0.4, 0.5) is 5.69 Å². The van der Waals surface area contributed by atoms with Gasteiger partial charge in [-0.15, -0.1) is 0 Å². The molecule has 0 spiro atoms. The maximum absolute atomic E-state index is 9.62. The third kappa shape index (κ3) is 3.17. The molecule has 4 heteroatoms. The van der Waals surface area contributed by atoms with Crippen LogP contribution >= 0.6 is 12.2 Å². The number of piperidine rings is 1. The number of aliphatic hydroxyl groups excluding tert-OH is 1. The second-order valence-electron chi connectivity index (χ2n) is 4.49. The predicted molar refractivity (Wildman–Crippen MR) is 74.2 cm³/mol. The molecule has 0 amide bonds. The Morgan fingerprint density at radius 1 is 1.47 bits per heavy atom. The molecule has 1 aliphatic rings. The Bertz CT molecular complexity index is 408. The minimum atomic E-state index is -0.250. The van der Waals surface area contributed by atoms with Gasteiger partial charge in [-0.1, -0.05) is 18.2 Å². The highest BCUT2D eigenvalue weighted by molar-refractivity contribution is 7.80. The summed E-state index contributed by atoms with van der Waals surface area (Å²) < 4.78 is 0. The zero-order chi connectivity index (χ0) is 12.3. The molecule has 0 saturated carbocycles. The van der Waals surface area contributed by atoms with Gasteiger partial charge in [-0.2, -0.15) is 0 Å². The Balaban J connectivity index is 1.99. The zero-order valence-electron chi connectivity index (χ0n) is 10.0. The fraction of sp³-hybridized carbons (Fsp3) is 0.462. The number of nitrogens with zero attached hydrogens (tertiary/aromatic N) is 1. The van der Waals surface area contributed by atoms with Crippen LogP contribution < -0.4 is 5.32 Å². The van der Waals surface area contributed by atoms with Crippen LogP contribution in [0.2, 0.25) is 0 Å². The highest BCUT2D eigenvalue weighted by Crippen LogP contribution is 2.16. The molecule has 17 heavy (non-hydrogen) atoms. The molecule has 0 aliphatic carbocycles. The van der Waals surface area contributed by atoms with Crippen molar-refractivity contribution in [1.82, 2.24) is 4.90 Å². The van der Waals surface area contributed by atoms with E-state index < -0.39 is 0 Å². The molecule has 1 heterocycles. The number of hydrogen-bond acceptors (Lipinski definition) is 2. The second-order valence-corrected chi connectivity index (χ2v) is 4.87. The van der Waals surface area contributed by atoms with Crippen molar-refractivity contribution < 1.29 is 5.11 Å². The van der Waals surface area contributed by atoms with Gasteiger partial charge in [0.15, 0.2) is 5.11 Å². The Morgan fingerprint density at radius 3 is 2.94 bits per heavy atom. The van der Waals surface area contributed by atoms with Gasteiger partial charge in [-0.25, -0.2) is 0 Å². The van der Waals surface area contributed by atoms with Crippen LogP contribution in [0.3, 0.4) is 0 Å². The van der Waals surface area contributed by atoms with Gasteiger partial charge >= 0.3 is 0 Å². The van der Waals surface area contributed by atoms with Crippen molar-refractivity contribution in [3.8, 4) is 0 Å². The first-order chi connectivity index (χ1) is 8.16. The topological polar surface area (TPSA) is 35.5 Å². The number of β-amino-alcohol motifs (C(OH)–C–C–N with tert-alkyl or cyclic N) is 1. The van der Waals surface area contributed by atoms with E-state index in [2.05, 4.69) is 18.3 Å². The molecule has 2 N–H and O–H groups in total. The third-order valence-corrected chi connectivity index (χ3v) is 3.43. The molecule has 0 bridgehead atoms. The van der Waals surface area contributed by atoms with E-state index in [-0.39, 0.29) is 6.10 Å². The minimum Gasteiger partial charge on any atom is -0.391 e. The van der Waals surface area contributed by atoms with Crippen molar-refractivity contribution in [3.05, 3.63) is 29.8 Å². The SMILES string of the molecule is Cc1ccccc1NC(=S)N1CCC[C@H](O)C1. The van der Waals surface area contributed by atoms with Gasteiger partial charge in [0.1, 0.15) is 0 Å². The van der Waals surface area contributed by atoms with E-state index in [0.717, 1.165) is 25.1 Å². The fourth-order valence-electron chi connectivity index (χ4n) is 2.05. The van der Waals surface area contributed by atoms with Crippen LogP contribution in [0.15, 0.2) is 24.3 Å². The Hall–Kier alpha value is -1.13. The number of rotatable bonds is 1. The molecule has 3 nitrogen and oxygen atoms in total. The van der Waals surface area contributed by atoms with Gasteiger partial charge in [0, 0.05) is 18.8 Å². The Kier molecular flexibility index (Phi) is 3.97. The zero-order valence-corrected chi connectivity index (χ0v) is 10.8. The lowest BCUT2D eigenvalue weighted by molar-refractivity contribution is 0.104. The number of benzene rings is 1. The Morgan fingerprint density at radius 2 is 2.24 bits per heavy atom. The van der Waals surface area contributed by atoms with Crippen molar-refractivity contribution in [3.63, 3.8) is 0 Å². The standard InChI is InChI=1S/C13H18N2OS/c1-10-5-2-3-7-12(10)14-13(17)15-8-4-6-11(16)9-15/h2-3,5,7,11,16H,4,6,8-9H2,1H3,(H,14,17)/t11-/m0/s1. The number of nitrogens with one attached hydrogen (secondary N) is 1. The van der Waals surface area contributed by atoms with Gasteiger partial charge in [0.2, 0.25) is 0 Å². The third-order valence-electron chi connectivity index (χ3n) is 3.07. The lowest BCUT2D eigenvalue weighted by Crippen LogP contribution is -2.44. The van der Waals surface area contributed by atoms with E-state index in [9.17, 15) is 5.11 Å². The molecule has 2 rings (SSSR count). The van der Waals surface area contributed by atoms with Crippen LogP contribution in [-0.2, 0) is 0 Å². The highest BCUT2D eigenvalue weighted by Gasteiger charge is 2.19. The number of thiocarbonyl (C=S) groups is 1. The van der Waals surface area contributed by atoms with Crippen LogP contribution in [-0.4, -0.2) is 34.3 Å². The summed E-state index contributed by atoms with van der Waals surface area (Å²) in [6, 6.07) is 8.06. The summed E-state index contributed by atoms with van der Waals surface area (Å²) in [5, 5.41) is 13.6. The van der Waals surface area contributed by atoms with Crippen molar-refractivity contribution in [2.45, 2.75) is 25.9 Å². The van der Waals surface area contributed by atoms with Gasteiger partial charge in [-0.3, -0.25) is 0 Å². The van der Waals surface area contributed by atoms with E-state index in [4.69, 9.17) is 12.2 Å². The molecule has 1 aromatic rings. The quantitative estimate of drug-likeness (QED) is 0.749. The van der Waals surface area contributed by atoms with Crippen molar-refractivity contribution in [2.24, 2.45) is 0 Å². The monoisotopic (exact) mass is 250 g/mol. The number of para-hydroxylation sites is 1. The molecule has 0 aromatic heterocycles. The second kappa shape index (κ2) is 5.47. The lowest BCUT2D eigenvalue weighted by Gasteiger charge is -2.32. The average Bonchev–Trinajstić information content (AvgIpc) is 2.32. The van der Waals surface area contributed by atoms with Gasteiger partial charge in [0.05, 0.1) is 6.10 Å². The van der Waals surface area contributed by atoms with E-state index in [1.807, 2.05) is 23.1 Å². The molecule has 1 aliphatic heterocycles. The summed E-state index contributed by atoms with van der Waals surface area (Å²) in [5.74, 6) is 0. The summed E-state index contributed by atoms with van der Waals surface area (Å²) in [5.41, 5.74) is 2.21. The number of aliphatic hydroxyl groups is 1. The number of hydrogen-bond donors (Lipinski definition) is 2. The molecule has 1 atom stereocenters. The maximum atomic E-state index is 9.62. The predicted octanol–water partition coefficient (Wildman–Crippen LogP) is 2.15. The van der Waals surface area contributed by atoms with Gasteiger partial charge in [-0.05, 0) is 43.6 Å². The lowest BCUT2D eigenvalue weighted by atomic mass is 10.1. The van der Waals surface area contributed by atoms with Gasteiger partial charge in [0.25, 0.3) is 0 Å². The molecule has 92 valence electrons. The summed E-state index contributed by atoms with van der Waals surface area (Å²) in [4.78, 5) is 2.04. The summed E-state index contributed by atoms with van der Waals surface area (Å²) >= 11 is 5.37. The maximum Gasteiger partial charge on any atom is 0.173 e. The first kappa shape index (κ1) is 12.3. The number of anilines is 1. The first-order valence-electron chi connectivity index (χ1n) is 5.96. The summed E-state index contributed by atoms with van der Waals surface area (Å²) in [6.07, 6.45) is 1.63.